The highest BCUT2D eigenvalue weighted by atomic mass is 79.9. The predicted octanol–water partition coefficient (Wildman–Crippen LogP) is 3.33. The molecule has 1 fully saturated rings. The average molecular weight is 306 g/mol. The van der Waals surface area contributed by atoms with Crippen LogP contribution in [0.5, 0.6) is 5.75 Å². The zero-order chi connectivity index (χ0) is 12.6. The summed E-state index contributed by atoms with van der Waals surface area (Å²) in [6.45, 7) is 2.78. The number of hydrogen-bond acceptors (Lipinski definition) is 2. The molecule has 1 aromatic carbocycles. The van der Waals surface area contributed by atoms with Gasteiger partial charge in [-0.1, -0.05) is 0 Å². The lowest BCUT2D eigenvalue weighted by molar-refractivity contribution is 0.346. The van der Waals surface area contributed by atoms with Crippen LogP contribution < -0.4 is 10.1 Å². The van der Waals surface area contributed by atoms with Crippen LogP contribution in [0.3, 0.4) is 0 Å². The van der Waals surface area contributed by atoms with Crippen molar-refractivity contribution in [2.45, 2.75) is 25.3 Å². The first-order valence-electron chi connectivity index (χ1n) is 5.46. The van der Waals surface area contributed by atoms with E-state index in [-0.39, 0.29) is 10.2 Å². The third-order valence-corrected chi connectivity index (χ3v) is 4.01. The van der Waals surface area contributed by atoms with Gasteiger partial charge >= 0.3 is 0 Å². The van der Waals surface area contributed by atoms with Crippen LogP contribution in [0.4, 0.5) is 8.78 Å². The number of rotatable bonds is 2. The topological polar surface area (TPSA) is 21.3 Å². The molecule has 17 heavy (non-hydrogen) atoms. The molecule has 5 heteroatoms. The summed E-state index contributed by atoms with van der Waals surface area (Å²) in [6, 6.07) is 1.34. The maximum atomic E-state index is 13.9. The van der Waals surface area contributed by atoms with E-state index < -0.39 is 17.2 Å². The summed E-state index contributed by atoms with van der Waals surface area (Å²) >= 11 is 2.88. The summed E-state index contributed by atoms with van der Waals surface area (Å²) in [5.74, 6) is -1.18. The van der Waals surface area contributed by atoms with E-state index in [2.05, 4.69) is 21.2 Å². The smallest absolute Gasteiger partial charge is 0.182 e. The number of halogens is 3. The van der Waals surface area contributed by atoms with Crippen LogP contribution >= 0.6 is 15.9 Å². The zero-order valence-electron chi connectivity index (χ0n) is 9.74. The van der Waals surface area contributed by atoms with Crippen LogP contribution in [0.15, 0.2) is 10.5 Å². The summed E-state index contributed by atoms with van der Waals surface area (Å²) in [4.78, 5) is 0. The van der Waals surface area contributed by atoms with Crippen molar-refractivity contribution >= 4 is 15.9 Å². The Morgan fingerprint density at radius 2 is 2.18 bits per heavy atom. The Labute approximate surface area is 107 Å². The minimum absolute atomic E-state index is 0.107. The molecule has 1 aromatic rings. The van der Waals surface area contributed by atoms with Gasteiger partial charge in [-0.25, -0.2) is 8.78 Å². The van der Waals surface area contributed by atoms with E-state index in [1.165, 1.54) is 13.2 Å². The molecule has 94 valence electrons. The SMILES string of the molecule is COc1c(C2(C)CCCN2)cc(F)c(Br)c1F. The van der Waals surface area contributed by atoms with Gasteiger partial charge in [-0.2, -0.15) is 0 Å². The van der Waals surface area contributed by atoms with Gasteiger partial charge in [0.25, 0.3) is 0 Å². The number of ether oxygens (including phenoxy) is 1. The Hall–Kier alpha value is -0.680. The van der Waals surface area contributed by atoms with Gasteiger partial charge in [-0.15, -0.1) is 0 Å². The van der Waals surface area contributed by atoms with E-state index >= 15 is 0 Å². The van der Waals surface area contributed by atoms with E-state index in [1.807, 2.05) is 6.92 Å². The number of hydrogen-bond donors (Lipinski definition) is 1. The molecular formula is C12H14BrF2NO. The molecule has 2 rings (SSSR count). The predicted molar refractivity (Wildman–Crippen MR) is 65.2 cm³/mol. The third kappa shape index (κ3) is 2.06. The Morgan fingerprint density at radius 3 is 2.71 bits per heavy atom. The molecule has 0 aromatic heterocycles. The van der Waals surface area contributed by atoms with E-state index in [1.54, 1.807) is 0 Å². The number of benzene rings is 1. The van der Waals surface area contributed by atoms with Gasteiger partial charge in [0.2, 0.25) is 0 Å². The highest BCUT2D eigenvalue weighted by Crippen LogP contribution is 2.40. The van der Waals surface area contributed by atoms with Crippen molar-refractivity contribution in [3.63, 3.8) is 0 Å². The molecule has 0 radical (unpaired) electrons. The fourth-order valence-electron chi connectivity index (χ4n) is 2.31. The van der Waals surface area contributed by atoms with Gasteiger partial charge in [0.1, 0.15) is 5.82 Å². The summed E-state index contributed by atoms with van der Waals surface area (Å²) in [7, 11) is 1.39. The number of nitrogens with one attached hydrogen (secondary N) is 1. The quantitative estimate of drug-likeness (QED) is 0.846. The van der Waals surface area contributed by atoms with Gasteiger partial charge in [-0.05, 0) is 48.3 Å². The van der Waals surface area contributed by atoms with Crippen molar-refractivity contribution in [1.82, 2.24) is 5.32 Å². The van der Waals surface area contributed by atoms with Gasteiger partial charge < -0.3 is 10.1 Å². The highest BCUT2D eigenvalue weighted by molar-refractivity contribution is 9.10. The molecule has 1 N–H and O–H groups in total. The average Bonchev–Trinajstić information content (AvgIpc) is 2.74. The van der Waals surface area contributed by atoms with E-state index in [9.17, 15) is 8.78 Å². The molecular weight excluding hydrogens is 292 g/mol. The second-order valence-electron chi connectivity index (χ2n) is 4.43. The lowest BCUT2D eigenvalue weighted by Gasteiger charge is -2.27. The highest BCUT2D eigenvalue weighted by Gasteiger charge is 2.35. The molecule has 2 nitrogen and oxygen atoms in total. The van der Waals surface area contributed by atoms with E-state index in [0.29, 0.717) is 5.56 Å². The van der Waals surface area contributed by atoms with Gasteiger partial charge in [0, 0.05) is 11.1 Å². The van der Waals surface area contributed by atoms with Crippen LogP contribution in [-0.4, -0.2) is 13.7 Å². The van der Waals surface area contributed by atoms with Crippen molar-refractivity contribution < 1.29 is 13.5 Å². The molecule has 0 saturated carbocycles. The Morgan fingerprint density at radius 1 is 1.47 bits per heavy atom. The maximum Gasteiger partial charge on any atom is 0.182 e. The van der Waals surface area contributed by atoms with Crippen molar-refractivity contribution in [2.75, 3.05) is 13.7 Å². The lowest BCUT2D eigenvalue weighted by atomic mass is 9.89. The molecule has 1 atom stereocenters. The molecule has 0 spiro atoms. The Balaban J connectivity index is 2.60. The number of methoxy groups -OCH3 is 1. The van der Waals surface area contributed by atoms with Gasteiger partial charge in [0.15, 0.2) is 11.6 Å². The Kier molecular flexibility index (Phi) is 3.41. The van der Waals surface area contributed by atoms with Crippen LogP contribution in [0, 0.1) is 11.6 Å². The summed E-state index contributed by atoms with van der Waals surface area (Å²) in [6.07, 6.45) is 1.82. The van der Waals surface area contributed by atoms with Crippen molar-refractivity contribution in [3.8, 4) is 5.75 Å². The van der Waals surface area contributed by atoms with Crippen molar-refractivity contribution in [1.29, 1.82) is 0 Å². The third-order valence-electron chi connectivity index (χ3n) is 3.28. The van der Waals surface area contributed by atoms with E-state index in [4.69, 9.17) is 4.74 Å². The monoisotopic (exact) mass is 305 g/mol. The maximum absolute atomic E-state index is 13.9. The second-order valence-corrected chi connectivity index (χ2v) is 5.22. The van der Waals surface area contributed by atoms with Crippen LogP contribution in [-0.2, 0) is 5.54 Å². The van der Waals surface area contributed by atoms with Crippen molar-refractivity contribution in [3.05, 3.63) is 27.7 Å². The first-order valence-corrected chi connectivity index (χ1v) is 6.26. The molecule has 1 aliphatic heterocycles. The lowest BCUT2D eigenvalue weighted by Crippen LogP contribution is -2.34. The first-order chi connectivity index (χ1) is 7.99. The molecule has 1 unspecified atom stereocenters. The largest absolute Gasteiger partial charge is 0.493 e. The summed E-state index contributed by atoms with van der Waals surface area (Å²) < 4.78 is 32.4. The molecule has 0 bridgehead atoms. The van der Waals surface area contributed by atoms with Gasteiger partial charge in [-0.3, -0.25) is 0 Å². The van der Waals surface area contributed by atoms with Crippen LogP contribution in [0.1, 0.15) is 25.3 Å². The molecule has 1 heterocycles. The minimum atomic E-state index is -0.683. The fraction of sp³-hybridized carbons (Fsp3) is 0.500. The normalized spacial score (nSPS) is 24.1. The van der Waals surface area contributed by atoms with E-state index in [0.717, 1.165) is 19.4 Å². The second kappa shape index (κ2) is 4.53. The molecule has 1 saturated heterocycles. The summed E-state index contributed by atoms with van der Waals surface area (Å²) in [5.41, 5.74) is 0.115. The molecule has 0 aliphatic carbocycles. The van der Waals surface area contributed by atoms with Crippen molar-refractivity contribution in [2.24, 2.45) is 0 Å². The molecule has 1 aliphatic rings. The zero-order valence-corrected chi connectivity index (χ0v) is 11.3. The standard InChI is InChI=1S/C12H14BrF2NO/c1-12(4-3-5-16-12)7-6-8(14)9(13)10(15)11(7)17-2/h6,16H,3-5H2,1-2H3. The summed E-state index contributed by atoms with van der Waals surface area (Å²) in [5, 5.41) is 3.27. The molecule has 0 amide bonds. The Bertz CT molecular complexity index is 445. The fourth-order valence-corrected chi connectivity index (χ4v) is 2.61. The van der Waals surface area contributed by atoms with Gasteiger partial charge in [0.05, 0.1) is 11.6 Å². The first kappa shape index (κ1) is 12.8. The van der Waals surface area contributed by atoms with Crippen LogP contribution in [0.2, 0.25) is 0 Å². The minimum Gasteiger partial charge on any atom is -0.493 e. The van der Waals surface area contributed by atoms with Crippen LogP contribution in [0.25, 0.3) is 0 Å².